The lowest BCUT2D eigenvalue weighted by atomic mass is 10.3. The molecule has 0 spiro atoms. The van der Waals surface area contributed by atoms with Crippen LogP contribution in [0, 0.1) is 0 Å². The average molecular weight is 447 g/mol. The van der Waals surface area contributed by atoms with Crippen molar-refractivity contribution in [3.63, 3.8) is 0 Å². The first kappa shape index (κ1) is 21.4. The number of hydrogen-bond acceptors (Lipinski definition) is 5. The van der Waals surface area contributed by atoms with Gasteiger partial charge in [-0.25, -0.2) is 13.2 Å². The molecule has 0 atom stereocenters. The van der Waals surface area contributed by atoms with Gasteiger partial charge < -0.3 is 15.4 Å². The van der Waals surface area contributed by atoms with Crippen molar-refractivity contribution in [2.24, 2.45) is 0 Å². The number of rotatable bonds is 7. The van der Waals surface area contributed by atoms with Gasteiger partial charge in [0.2, 0.25) is 0 Å². The summed E-state index contributed by atoms with van der Waals surface area (Å²) in [7, 11) is -2.54. The van der Waals surface area contributed by atoms with Gasteiger partial charge in [0.1, 0.15) is 10.6 Å². The Morgan fingerprint density at radius 2 is 1.83 bits per heavy atom. The molecule has 3 rings (SSSR count). The number of nitrogens with one attached hydrogen (secondary N) is 3. The summed E-state index contributed by atoms with van der Waals surface area (Å²) in [5.41, 5.74) is 1.69. The molecule has 1 heterocycles. The molecule has 3 N–H and O–H groups in total. The summed E-state index contributed by atoms with van der Waals surface area (Å²) in [6.07, 6.45) is 3.32. The Morgan fingerprint density at radius 3 is 2.50 bits per heavy atom. The third-order valence-corrected chi connectivity index (χ3v) is 5.62. The van der Waals surface area contributed by atoms with Crippen LogP contribution in [0.3, 0.4) is 0 Å². The predicted octanol–water partition coefficient (Wildman–Crippen LogP) is 3.87. The lowest BCUT2D eigenvalue weighted by Crippen LogP contribution is -2.28. The zero-order valence-electron chi connectivity index (χ0n) is 15.9. The molecule has 10 heteroatoms. The molecule has 0 aliphatic heterocycles. The van der Waals surface area contributed by atoms with Crippen LogP contribution >= 0.6 is 11.6 Å². The Labute approximate surface area is 179 Å². The third kappa shape index (κ3) is 5.62. The maximum absolute atomic E-state index is 12.7. The van der Waals surface area contributed by atoms with Crippen LogP contribution in [0.5, 0.6) is 5.75 Å². The molecule has 0 saturated carbocycles. The quantitative estimate of drug-likeness (QED) is 0.510. The molecule has 3 aromatic rings. The van der Waals surface area contributed by atoms with Crippen molar-refractivity contribution in [3.05, 3.63) is 77.6 Å². The highest BCUT2D eigenvalue weighted by Crippen LogP contribution is 2.29. The highest BCUT2D eigenvalue weighted by molar-refractivity contribution is 7.92. The van der Waals surface area contributed by atoms with Gasteiger partial charge in [-0.05, 0) is 54.1 Å². The van der Waals surface area contributed by atoms with Gasteiger partial charge in [0.25, 0.3) is 10.0 Å². The number of anilines is 2. The number of sulfonamides is 1. The monoisotopic (exact) mass is 446 g/mol. The molecule has 30 heavy (non-hydrogen) atoms. The molecule has 0 aliphatic rings. The number of ether oxygens (including phenoxy) is 1. The van der Waals surface area contributed by atoms with E-state index in [0.29, 0.717) is 17.9 Å². The number of hydrogen-bond donors (Lipinski definition) is 3. The van der Waals surface area contributed by atoms with Gasteiger partial charge in [-0.3, -0.25) is 9.71 Å². The van der Waals surface area contributed by atoms with Crippen LogP contribution in [0.2, 0.25) is 5.02 Å². The molecular formula is C20H19ClN4O4S. The Bertz CT molecular complexity index is 1120. The fraction of sp³-hybridized carbons (Fsp3) is 0.100. The smallest absolute Gasteiger partial charge is 0.319 e. The number of aromatic nitrogens is 1. The van der Waals surface area contributed by atoms with Crippen LogP contribution in [0.4, 0.5) is 16.2 Å². The number of halogens is 1. The van der Waals surface area contributed by atoms with E-state index < -0.39 is 16.1 Å². The van der Waals surface area contributed by atoms with Gasteiger partial charge in [0.05, 0.1) is 7.11 Å². The van der Waals surface area contributed by atoms with Gasteiger partial charge in [-0.15, -0.1) is 0 Å². The number of urea groups is 1. The Morgan fingerprint density at radius 1 is 1.10 bits per heavy atom. The Kier molecular flexibility index (Phi) is 6.76. The van der Waals surface area contributed by atoms with Gasteiger partial charge in [-0.2, -0.15) is 0 Å². The first-order chi connectivity index (χ1) is 14.4. The number of nitrogens with zero attached hydrogens (tertiary/aromatic N) is 1. The molecule has 0 saturated heterocycles. The number of methoxy groups -OCH3 is 1. The zero-order valence-corrected chi connectivity index (χ0v) is 17.5. The van der Waals surface area contributed by atoms with E-state index in [9.17, 15) is 13.2 Å². The van der Waals surface area contributed by atoms with Gasteiger partial charge in [0.15, 0.2) is 0 Å². The van der Waals surface area contributed by atoms with Gasteiger partial charge in [-0.1, -0.05) is 17.7 Å². The Balaban J connectivity index is 1.63. The second-order valence-corrected chi connectivity index (χ2v) is 8.23. The van der Waals surface area contributed by atoms with E-state index >= 15 is 0 Å². The van der Waals surface area contributed by atoms with Crippen LogP contribution in [-0.4, -0.2) is 26.5 Å². The van der Waals surface area contributed by atoms with Crippen molar-refractivity contribution in [2.75, 3.05) is 17.1 Å². The van der Waals surface area contributed by atoms with E-state index in [-0.39, 0.29) is 15.7 Å². The van der Waals surface area contributed by atoms with Crippen LogP contribution < -0.4 is 20.1 Å². The van der Waals surface area contributed by atoms with E-state index in [1.165, 1.54) is 31.4 Å². The second kappa shape index (κ2) is 9.47. The third-order valence-electron chi connectivity index (χ3n) is 3.99. The van der Waals surface area contributed by atoms with E-state index in [4.69, 9.17) is 16.3 Å². The topological polar surface area (TPSA) is 109 Å². The largest absolute Gasteiger partial charge is 0.495 e. The van der Waals surface area contributed by atoms with Gasteiger partial charge in [0, 0.05) is 35.3 Å². The molecule has 156 valence electrons. The minimum atomic E-state index is -3.92. The summed E-state index contributed by atoms with van der Waals surface area (Å²) in [6.45, 7) is 0.332. The standard InChI is InChI=1S/C20H19ClN4O4S/c1-29-18-9-4-15(21)11-19(18)30(27,28)25-17-7-5-16(6-8-17)24-20(26)23-13-14-3-2-10-22-12-14/h2-12,25H,13H2,1H3,(H2,23,24,26). The SMILES string of the molecule is COc1ccc(Cl)cc1S(=O)(=O)Nc1ccc(NC(=O)NCc2cccnc2)cc1. The van der Waals surface area contributed by atoms with Gasteiger partial charge >= 0.3 is 6.03 Å². The maximum Gasteiger partial charge on any atom is 0.319 e. The molecule has 1 aromatic heterocycles. The maximum atomic E-state index is 12.7. The zero-order chi connectivity index (χ0) is 21.6. The normalized spacial score (nSPS) is 10.9. The molecule has 0 unspecified atom stereocenters. The molecule has 2 amide bonds. The lowest BCUT2D eigenvalue weighted by molar-refractivity contribution is 0.251. The Hall–Kier alpha value is -3.30. The highest BCUT2D eigenvalue weighted by Gasteiger charge is 2.20. The van der Waals surface area contributed by atoms with Crippen molar-refractivity contribution >= 4 is 39.0 Å². The van der Waals surface area contributed by atoms with Crippen molar-refractivity contribution in [2.45, 2.75) is 11.4 Å². The predicted molar refractivity (Wildman–Crippen MR) is 115 cm³/mol. The van der Waals surface area contributed by atoms with Crippen molar-refractivity contribution in [3.8, 4) is 5.75 Å². The number of carbonyl (C=O) groups excluding carboxylic acids is 1. The summed E-state index contributed by atoms with van der Waals surface area (Å²) in [5, 5.41) is 5.66. The second-order valence-electron chi connectivity index (χ2n) is 6.15. The average Bonchev–Trinajstić information content (AvgIpc) is 2.74. The number of amides is 2. The summed E-state index contributed by atoms with van der Waals surface area (Å²) < 4.78 is 32.9. The number of pyridine rings is 1. The molecule has 2 aromatic carbocycles. The van der Waals surface area contributed by atoms with Crippen molar-refractivity contribution < 1.29 is 17.9 Å². The van der Waals surface area contributed by atoms with E-state index in [1.54, 1.807) is 36.7 Å². The lowest BCUT2D eigenvalue weighted by Gasteiger charge is -2.12. The molecule has 0 fully saturated rings. The minimum Gasteiger partial charge on any atom is -0.495 e. The van der Waals surface area contributed by atoms with Crippen LogP contribution in [0.25, 0.3) is 0 Å². The molecule has 0 radical (unpaired) electrons. The molecule has 0 aliphatic carbocycles. The minimum absolute atomic E-state index is 0.0746. The van der Waals surface area contributed by atoms with Crippen LogP contribution in [0.15, 0.2) is 71.9 Å². The molecule has 0 bridgehead atoms. The van der Waals surface area contributed by atoms with Crippen LogP contribution in [-0.2, 0) is 16.6 Å². The summed E-state index contributed by atoms with van der Waals surface area (Å²) in [4.78, 5) is 15.9. The van der Waals surface area contributed by atoms with E-state index in [0.717, 1.165) is 5.56 Å². The summed E-state index contributed by atoms with van der Waals surface area (Å²) in [5.74, 6) is 0.176. The summed E-state index contributed by atoms with van der Waals surface area (Å²) >= 11 is 5.92. The molecular weight excluding hydrogens is 428 g/mol. The first-order valence-corrected chi connectivity index (χ1v) is 10.6. The number of carbonyl (C=O) groups is 1. The first-order valence-electron chi connectivity index (χ1n) is 8.77. The van der Waals surface area contributed by atoms with E-state index in [2.05, 4.69) is 20.3 Å². The number of benzene rings is 2. The molecule has 8 nitrogen and oxygen atoms in total. The fourth-order valence-corrected chi connectivity index (χ4v) is 4.04. The van der Waals surface area contributed by atoms with Crippen LogP contribution in [0.1, 0.15) is 5.56 Å². The van der Waals surface area contributed by atoms with Crippen molar-refractivity contribution in [1.29, 1.82) is 0 Å². The fourth-order valence-electron chi connectivity index (χ4n) is 2.55. The van der Waals surface area contributed by atoms with E-state index in [1.807, 2.05) is 6.07 Å². The van der Waals surface area contributed by atoms with Crippen molar-refractivity contribution in [1.82, 2.24) is 10.3 Å². The highest BCUT2D eigenvalue weighted by atomic mass is 35.5. The summed E-state index contributed by atoms with van der Waals surface area (Å²) in [6, 6.07) is 13.8.